The fourth-order valence-electron chi connectivity index (χ4n) is 2.42. The first kappa shape index (κ1) is 15.8. The van der Waals surface area contributed by atoms with Crippen molar-refractivity contribution in [2.24, 2.45) is 5.73 Å². The van der Waals surface area contributed by atoms with E-state index in [-0.39, 0.29) is 29.2 Å². The number of aromatic hydroxyl groups is 1. The van der Waals surface area contributed by atoms with E-state index in [2.05, 4.69) is 5.32 Å². The summed E-state index contributed by atoms with van der Waals surface area (Å²) in [5.41, 5.74) is 6.69. The average Bonchev–Trinajstić information content (AvgIpc) is 2.40. The van der Waals surface area contributed by atoms with Crippen LogP contribution in [0.15, 0.2) is 24.3 Å². The molecule has 1 amide bonds. The van der Waals surface area contributed by atoms with Crippen LogP contribution in [0.1, 0.15) is 18.4 Å². The second kappa shape index (κ2) is 6.44. The minimum Gasteiger partial charge on any atom is -0.508 e. The fraction of sp³-hybridized carbons (Fsp3) is 0.500. The van der Waals surface area contributed by atoms with Crippen LogP contribution >= 0.6 is 0 Å². The lowest BCUT2D eigenvalue weighted by Crippen LogP contribution is -2.50. The van der Waals surface area contributed by atoms with E-state index in [0.717, 1.165) is 5.56 Å². The molecule has 21 heavy (non-hydrogen) atoms. The third-order valence-electron chi connectivity index (χ3n) is 3.54. The Morgan fingerprint density at radius 2 is 2.05 bits per heavy atom. The van der Waals surface area contributed by atoms with Crippen molar-refractivity contribution in [3.63, 3.8) is 0 Å². The summed E-state index contributed by atoms with van der Waals surface area (Å²) in [5, 5.41) is 11.9. The van der Waals surface area contributed by atoms with Gasteiger partial charge in [-0.1, -0.05) is 12.1 Å². The van der Waals surface area contributed by atoms with Gasteiger partial charge in [-0.05, 0) is 37.0 Å². The Kier molecular flexibility index (Phi) is 4.84. The minimum absolute atomic E-state index is 0.00926. The van der Waals surface area contributed by atoms with Crippen molar-refractivity contribution in [3.8, 4) is 5.75 Å². The molecule has 2 atom stereocenters. The Bertz CT molecular complexity index is 598. The third kappa shape index (κ3) is 4.71. The van der Waals surface area contributed by atoms with Gasteiger partial charge in [-0.2, -0.15) is 0 Å². The van der Waals surface area contributed by atoms with E-state index in [9.17, 15) is 18.3 Å². The number of phenols is 1. The number of sulfone groups is 1. The fourth-order valence-corrected chi connectivity index (χ4v) is 4.06. The van der Waals surface area contributed by atoms with Gasteiger partial charge in [0.1, 0.15) is 5.75 Å². The molecular formula is C14H20N2O4S. The van der Waals surface area contributed by atoms with Gasteiger partial charge in [-0.15, -0.1) is 0 Å². The first-order chi connectivity index (χ1) is 9.85. The number of hydrogen-bond donors (Lipinski definition) is 3. The van der Waals surface area contributed by atoms with Crippen LogP contribution in [0.5, 0.6) is 5.75 Å². The molecule has 0 aromatic heterocycles. The molecule has 1 aliphatic heterocycles. The zero-order valence-electron chi connectivity index (χ0n) is 11.7. The summed E-state index contributed by atoms with van der Waals surface area (Å²) in [6.45, 7) is 0. The molecule has 1 aromatic carbocycles. The number of hydrogen-bond acceptors (Lipinski definition) is 5. The van der Waals surface area contributed by atoms with E-state index in [1.165, 1.54) is 12.1 Å². The molecule has 7 heteroatoms. The number of amides is 1. The van der Waals surface area contributed by atoms with Gasteiger partial charge in [-0.3, -0.25) is 4.79 Å². The van der Waals surface area contributed by atoms with E-state index in [1.54, 1.807) is 12.1 Å². The van der Waals surface area contributed by atoms with Crippen molar-refractivity contribution in [2.45, 2.75) is 31.3 Å². The second-order valence-corrected chi connectivity index (χ2v) is 7.67. The number of nitrogens with one attached hydrogen (secondary N) is 1. The van der Waals surface area contributed by atoms with Crippen LogP contribution in [0.4, 0.5) is 0 Å². The predicted molar refractivity (Wildman–Crippen MR) is 79.6 cm³/mol. The van der Waals surface area contributed by atoms with Crippen LogP contribution < -0.4 is 11.1 Å². The Hall–Kier alpha value is -1.60. The maximum Gasteiger partial charge on any atom is 0.237 e. The molecule has 4 N–H and O–H groups in total. The molecule has 0 saturated carbocycles. The number of carbonyl (C=O) groups is 1. The zero-order chi connectivity index (χ0) is 15.5. The number of phenolic OH excluding ortho intramolecular Hbond substituents is 1. The summed E-state index contributed by atoms with van der Waals surface area (Å²) in [5.74, 6) is -0.00165. The van der Waals surface area contributed by atoms with Crippen molar-refractivity contribution in [2.75, 3.05) is 11.5 Å². The van der Waals surface area contributed by atoms with Crippen LogP contribution in [0.2, 0.25) is 0 Å². The molecule has 1 heterocycles. The number of benzene rings is 1. The highest BCUT2D eigenvalue weighted by Crippen LogP contribution is 2.13. The maximum absolute atomic E-state index is 12.0. The molecule has 2 rings (SSSR count). The minimum atomic E-state index is -3.05. The van der Waals surface area contributed by atoms with E-state index in [1.807, 2.05) is 0 Å². The molecule has 0 aliphatic carbocycles. The molecule has 1 fully saturated rings. The largest absolute Gasteiger partial charge is 0.508 e. The van der Waals surface area contributed by atoms with Crippen molar-refractivity contribution in [1.82, 2.24) is 5.32 Å². The predicted octanol–water partition coefficient (Wildman–Crippen LogP) is -0.0446. The van der Waals surface area contributed by atoms with Crippen LogP contribution in [-0.2, 0) is 21.1 Å². The molecule has 1 aromatic rings. The summed E-state index contributed by atoms with van der Waals surface area (Å²) in [4.78, 5) is 12.0. The lowest BCUT2D eigenvalue weighted by molar-refractivity contribution is -0.122. The van der Waals surface area contributed by atoms with Crippen molar-refractivity contribution in [3.05, 3.63) is 29.8 Å². The van der Waals surface area contributed by atoms with Gasteiger partial charge in [0.2, 0.25) is 5.91 Å². The molecule has 1 unspecified atom stereocenters. The summed E-state index contributed by atoms with van der Waals surface area (Å²) in [7, 11) is -3.05. The summed E-state index contributed by atoms with van der Waals surface area (Å²) >= 11 is 0. The highest BCUT2D eigenvalue weighted by molar-refractivity contribution is 7.91. The Morgan fingerprint density at radius 3 is 2.67 bits per heavy atom. The van der Waals surface area contributed by atoms with E-state index in [0.29, 0.717) is 19.3 Å². The molecule has 116 valence electrons. The van der Waals surface area contributed by atoms with Gasteiger partial charge >= 0.3 is 0 Å². The molecule has 0 radical (unpaired) electrons. The van der Waals surface area contributed by atoms with Gasteiger partial charge in [0.05, 0.1) is 17.5 Å². The molecule has 1 aliphatic rings. The van der Waals surface area contributed by atoms with Crippen molar-refractivity contribution >= 4 is 15.7 Å². The topological polar surface area (TPSA) is 109 Å². The molecule has 6 nitrogen and oxygen atoms in total. The number of carbonyl (C=O) groups excluding carboxylic acids is 1. The van der Waals surface area contributed by atoms with Gasteiger partial charge in [-0.25, -0.2) is 8.42 Å². The summed E-state index contributed by atoms with van der Waals surface area (Å²) < 4.78 is 23.1. The van der Waals surface area contributed by atoms with Crippen molar-refractivity contribution in [1.29, 1.82) is 0 Å². The highest BCUT2D eigenvalue weighted by atomic mass is 32.2. The SMILES string of the molecule is N[C@@H](Cc1ccc(O)cc1)C(=O)NC1CCCS(=O)(=O)C1. The van der Waals surface area contributed by atoms with Crippen LogP contribution in [0.3, 0.4) is 0 Å². The van der Waals surface area contributed by atoms with Gasteiger partial charge in [0.25, 0.3) is 0 Å². The van der Waals surface area contributed by atoms with E-state index < -0.39 is 15.9 Å². The van der Waals surface area contributed by atoms with Crippen LogP contribution in [0.25, 0.3) is 0 Å². The lowest BCUT2D eigenvalue weighted by atomic mass is 10.1. The Labute approximate surface area is 124 Å². The Balaban J connectivity index is 1.89. The molecular weight excluding hydrogens is 292 g/mol. The number of nitrogens with two attached hydrogens (primary N) is 1. The van der Waals surface area contributed by atoms with Gasteiger partial charge in [0, 0.05) is 6.04 Å². The van der Waals surface area contributed by atoms with Crippen LogP contribution in [0, 0.1) is 0 Å². The Morgan fingerprint density at radius 1 is 1.38 bits per heavy atom. The van der Waals surface area contributed by atoms with Gasteiger partial charge < -0.3 is 16.2 Å². The summed E-state index contributed by atoms with van der Waals surface area (Å²) in [6.07, 6.45) is 1.57. The first-order valence-electron chi connectivity index (χ1n) is 6.90. The molecule has 1 saturated heterocycles. The molecule has 0 spiro atoms. The smallest absolute Gasteiger partial charge is 0.237 e. The monoisotopic (exact) mass is 312 g/mol. The zero-order valence-corrected chi connectivity index (χ0v) is 12.5. The second-order valence-electron chi connectivity index (χ2n) is 5.44. The first-order valence-corrected chi connectivity index (χ1v) is 8.72. The standard InChI is InChI=1S/C14H20N2O4S/c15-13(8-10-3-5-12(17)6-4-10)14(18)16-11-2-1-7-21(19,20)9-11/h3-6,11,13,17H,1-2,7-9,15H2,(H,16,18)/t11?,13-/m0/s1. The lowest BCUT2D eigenvalue weighted by Gasteiger charge is -2.24. The van der Waals surface area contributed by atoms with E-state index in [4.69, 9.17) is 5.73 Å². The number of rotatable bonds is 4. The normalized spacial score (nSPS) is 22.4. The van der Waals surface area contributed by atoms with Gasteiger partial charge in [0.15, 0.2) is 9.84 Å². The van der Waals surface area contributed by atoms with Crippen molar-refractivity contribution < 1.29 is 18.3 Å². The van der Waals surface area contributed by atoms with Crippen LogP contribution in [-0.4, -0.2) is 43.0 Å². The summed E-state index contributed by atoms with van der Waals surface area (Å²) in [6, 6.07) is 5.39. The molecule has 0 bridgehead atoms. The average molecular weight is 312 g/mol. The highest BCUT2D eigenvalue weighted by Gasteiger charge is 2.27. The quantitative estimate of drug-likeness (QED) is 0.722. The third-order valence-corrected chi connectivity index (χ3v) is 5.36. The maximum atomic E-state index is 12.0. The van der Waals surface area contributed by atoms with E-state index >= 15 is 0 Å².